The molecule has 0 radical (unpaired) electrons. The van der Waals surface area contributed by atoms with Crippen LogP contribution in [0.25, 0.3) is 5.69 Å². The van der Waals surface area contributed by atoms with Crippen LogP contribution >= 0.6 is 0 Å². The summed E-state index contributed by atoms with van der Waals surface area (Å²) in [5.41, 5.74) is 1.84. The van der Waals surface area contributed by atoms with Gasteiger partial charge in [0, 0.05) is 32.0 Å². The molecular weight excluding hydrogens is 316 g/mol. The molecule has 122 valence electrons. The molecule has 1 aromatic heterocycles. The van der Waals surface area contributed by atoms with Gasteiger partial charge in [-0.15, -0.1) is 0 Å². The van der Waals surface area contributed by atoms with Gasteiger partial charge in [-0.25, -0.2) is 17.9 Å². The van der Waals surface area contributed by atoms with Gasteiger partial charge in [-0.05, 0) is 17.7 Å². The van der Waals surface area contributed by atoms with Crippen LogP contribution in [0.3, 0.4) is 0 Å². The maximum absolute atomic E-state index is 12.2. The lowest BCUT2D eigenvalue weighted by atomic mass is 10.2. The van der Waals surface area contributed by atoms with Gasteiger partial charge in [-0.1, -0.05) is 18.2 Å². The second-order valence-corrected chi connectivity index (χ2v) is 7.68. The Bertz CT molecular complexity index is 773. The molecule has 2 aromatic rings. The Labute approximate surface area is 134 Å². The molecule has 7 nitrogen and oxygen atoms in total. The number of nitrogens with one attached hydrogen (secondary N) is 1. The minimum atomic E-state index is -2.99. The molecule has 1 saturated heterocycles. The Balaban J connectivity index is 1.64. The highest BCUT2D eigenvalue weighted by Gasteiger charge is 2.24. The summed E-state index contributed by atoms with van der Waals surface area (Å²) in [6, 6.07) is 9.28. The second-order valence-electron chi connectivity index (χ2n) is 5.38. The van der Waals surface area contributed by atoms with Crippen molar-refractivity contribution in [2.75, 3.05) is 24.6 Å². The molecule has 0 aliphatic carbocycles. The Hall–Kier alpha value is -2.35. The van der Waals surface area contributed by atoms with Gasteiger partial charge in [0.25, 0.3) is 0 Å². The quantitative estimate of drug-likeness (QED) is 0.900. The van der Waals surface area contributed by atoms with E-state index >= 15 is 0 Å². The zero-order valence-electron chi connectivity index (χ0n) is 12.6. The molecule has 0 saturated carbocycles. The highest BCUT2D eigenvalue weighted by Crippen LogP contribution is 2.13. The predicted octanol–water partition coefficient (Wildman–Crippen LogP) is 0.812. The van der Waals surface area contributed by atoms with Gasteiger partial charge in [0.1, 0.15) is 0 Å². The maximum atomic E-state index is 12.2. The molecule has 0 unspecified atom stereocenters. The van der Waals surface area contributed by atoms with Gasteiger partial charge >= 0.3 is 6.03 Å². The fourth-order valence-corrected chi connectivity index (χ4v) is 3.69. The molecule has 0 atom stereocenters. The molecule has 1 aliphatic rings. The van der Waals surface area contributed by atoms with E-state index in [1.807, 2.05) is 36.5 Å². The summed E-state index contributed by atoms with van der Waals surface area (Å²) in [5, 5.41) is 7.06. The van der Waals surface area contributed by atoms with Crippen molar-refractivity contribution in [2.24, 2.45) is 0 Å². The number of hydrogen-bond donors (Lipinski definition) is 1. The van der Waals surface area contributed by atoms with Gasteiger partial charge in [-0.2, -0.15) is 5.10 Å². The molecule has 1 N–H and O–H groups in total. The standard InChI is InChI=1S/C15H18N4O3S/c20-15(18-8-10-23(21,22)11-9-18)16-12-13-4-1-2-5-14(13)19-7-3-6-17-19/h1-7H,8-12H2,(H,16,20). The minimum absolute atomic E-state index is 0.0320. The fourth-order valence-electron chi connectivity index (χ4n) is 2.49. The first-order chi connectivity index (χ1) is 11.1. The van der Waals surface area contributed by atoms with E-state index in [0.29, 0.717) is 6.54 Å². The Morgan fingerprint density at radius 2 is 1.91 bits per heavy atom. The molecule has 1 aliphatic heterocycles. The summed E-state index contributed by atoms with van der Waals surface area (Å²) in [6.45, 7) is 0.849. The molecule has 2 amide bonds. The van der Waals surface area contributed by atoms with Gasteiger partial charge in [0.15, 0.2) is 9.84 Å². The number of amides is 2. The van der Waals surface area contributed by atoms with Crippen LogP contribution < -0.4 is 5.32 Å². The number of urea groups is 1. The summed E-state index contributed by atoms with van der Waals surface area (Å²) >= 11 is 0. The van der Waals surface area contributed by atoms with Crippen LogP contribution in [0, 0.1) is 0 Å². The average Bonchev–Trinajstić information content (AvgIpc) is 3.07. The molecule has 0 spiro atoms. The molecule has 0 bridgehead atoms. The van der Waals surface area contributed by atoms with Crippen molar-refractivity contribution in [2.45, 2.75) is 6.54 Å². The number of benzene rings is 1. The van der Waals surface area contributed by atoms with Crippen LogP contribution in [0.1, 0.15) is 5.56 Å². The van der Waals surface area contributed by atoms with E-state index in [0.717, 1.165) is 11.3 Å². The number of sulfone groups is 1. The van der Waals surface area contributed by atoms with Gasteiger partial charge < -0.3 is 10.2 Å². The van der Waals surface area contributed by atoms with Crippen molar-refractivity contribution in [3.63, 3.8) is 0 Å². The van der Waals surface area contributed by atoms with Gasteiger partial charge in [-0.3, -0.25) is 0 Å². The molecule has 3 rings (SSSR count). The molecule has 8 heteroatoms. The average molecular weight is 334 g/mol. The van der Waals surface area contributed by atoms with Crippen LogP contribution in [-0.2, 0) is 16.4 Å². The highest BCUT2D eigenvalue weighted by atomic mass is 32.2. The number of nitrogens with zero attached hydrogens (tertiary/aromatic N) is 3. The first-order valence-electron chi connectivity index (χ1n) is 7.36. The first kappa shape index (κ1) is 15.5. The van der Waals surface area contributed by atoms with Crippen molar-refractivity contribution in [3.05, 3.63) is 48.3 Å². The lowest BCUT2D eigenvalue weighted by Crippen LogP contribution is -2.48. The molecule has 23 heavy (non-hydrogen) atoms. The van der Waals surface area contributed by atoms with Crippen LogP contribution in [0.5, 0.6) is 0 Å². The van der Waals surface area contributed by atoms with E-state index < -0.39 is 9.84 Å². The topological polar surface area (TPSA) is 84.3 Å². The Kier molecular flexibility index (Phi) is 4.33. The maximum Gasteiger partial charge on any atom is 0.317 e. The van der Waals surface area contributed by atoms with Crippen LogP contribution in [0.2, 0.25) is 0 Å². The van der Waals surface area contributed by atoms with Crippen LogP contribution in [0.4, 0.5) is 4.79 Å². The highest BCUT2D eigenvalue weighted by molar-refractivity contribution is 7.91. The predicted molar refractivity (Wildman–Crippen MR) is 86.0 cm³/mol. The van der Waals surface area contributed by atoms with Crippen molar-refractivity contribution < 1.29 is 13.2 Å². The summed E-state index contributed by atoms with van der Waals surface area (Å²) in [6.07, 6.45) is 3.54. The SMILES string of the molecule is O=C(NCc1ccccc1-n1cccn1)N1CCS(=O)(=O)CC1. The number of carbonyl (C=O) groups is 1. The minimum Gasteiger partial charge on any atom is -0.334 e. The first-order valence-corrected chi connectivity index (χ1v) is 9.18. The molecular formula is C15H18N4O3S. The molecule has 1 aromatic carbocycles. The third-order valence-electron chi connectivity index (χ3n) is 3.80. The number of rotatable bonds is 3. The summed E-state index contributed by atoms with van der Waals surface area (Å²) < 4.78 is 24.6. The van der Waals surface area contributed by atoms with Crippen molar-refractivity contribution >= 4 is 15.9 Å². The van der Waals surface area contributed by atoms with Crippen molar-refractivity contribution in [1.82, 2.24) is 20.0 Å². The van der Waals surface area contributed by atoms with E-state index in [9.17, 15) is 13.2 Å². The smallest absolute Gasteiger partial charge is 0.317 e. The van der Waals surface area contributed by atoms with Crippen LogP contribution in [0.15, 0.2) is 42.7 Å². The normalized spacial score (nSPS) is 17.0. The fraction of sp³-hybridized carbons (Fsp3) is 0.333. The van der Waals surface area contributed by atoms with E-state index in [1.165, 1.54) is 4.90 Å². The summed E-state index contributed by atoms with van der Waals surface area (Å²) in [7, 11) is -2.99. The summed E-state index contributed by atoms with van der Waals surface area (Å²) in [5.74, 6) is 0.0641. The third kappa shape index (κ3) is 3.70. The van der Waals surface area contributed by atoms with E-state index in [2.05, 4.69) is 10.4 Å². The third-order valence-corrected chi connectivity index (χ3v) is 5.41. The zero-order chi connectivity index (χ0) is 16.3. The monoisotopic (exact) mass is 334 g/mol. The van der Waals surface area contributed by atoms with Crippen molar-refractivity contribution in [3.8, 4) is 5.69 Å². The van der Waals surface area contributed by atoms with E-state index in [-0.39, 0.29) is 30.6 Å². The largest absolute Gasteiger partial charge is 0.334 e. The lowest BCUT2D eigenvalue weighted by molar-refractivity contribution is 0.202. The van der Waals surface area contributed by atoms with Gasteiger partial charge in [0.2, 0.25) is 0 Å². The van der Waals surface area contributed by atoms with Crippen molar-refractivity contribution in [1.29, 1.82) is 0 Å². The Morgan fingerprint density at radius 1 is 1.17 bits per heavy atom. The number of carbonyl (C=O) groups excluding carboxylic acids is 1. The number of hydrogen-bond acceptors (Lipinski definition) is 4. The second kappa shape index (κ2) is 6.41. The molecule has 1 fully saturated rings. The van der Waals surface area contributed by atoms with Gasteiger partial charge in [0.05, 0.1) is 17.2 Å². The molecule has 2 heterocycles. The Morgan fingerprint density at radius 3 is 2.61 bits per heavy atom. The summed E-state index contributed by atoms with van der Waals surface area (Å²) in [4.78, 5) is 13.7. The van der Waals surface area contributed by atoms with E-state index in [4.69, 9.17) is 0 Å². The lowest BCUT2D eigenvalue weighted by Gasteiger charge is -2.27. The number of para-hydroxylation sites is 1. The van der Waals surface area contributed by atoms with E-state index in [1.54, 1.807) is 10.9 Å². The number of aromatic nitrogens is 2. The van der Waals surface area contributed by atoms with Crippen LogP contribution in [-0.4, -0.2) is 53.7 Å². The zero-order valence-corrected chi connectivity index (χ0v) is 13.4.